The molecule has 1 saturated heterocycles. The van der Waals surface area contributed by atoms with E-state index in [1.807, 2.05) is 31.3 Å². The Morgan fingerprint density at radius 3 is 2.55 bits per heavy atom. The summed E-state index contributed by atoms with van der Waals surface area (Å²) in [6, 6.07) is 14.8. The molecule has 4 heteroatoms. The van der Waals surface area contributed by atoms with E-state index in [-0.39, 0.29) is 5.92 Å². The van der Waals surface area contributed by atoms with E-state index < -0.39 is 0 Å². The maximum Gasteiger partial charge on any atom is 0.125 e. The van der Waals surface area contributed by atoms with Crippen LogP contribution in [0.15, 0.2) is 60.0 Å². The highest BCUT2D eigenvalue weighted by Crippen LogP contribution is 2.32. The highest BCUT2D eigenvalue weighted by atomic mass is 16.3. The van der Waals surface area contributed by atoms with Crippen LogP contribution < -0.4 is 10.2 Å². The van der Waals surface area contributed by atoms with Crippen LogP contribution in [0.5, 0.6) is 0 Å². The summed E-state index contributed by atoms with van der Waals surface area (Å²) in [6.45, 7) is 5.02. The van der Waals surface area contributed by atoms with Crippen LogP contribution >= 0.6 is 0 Å². The molecule has 1 saturated carbocycles. The number of pyridine rings is 1. The molecule has 2 fully saturated rings. The van der Waals surface area contributed by atoms with Crippen molar-refractivity contribution in [3.05, 3.63) is 65.6 Å². The number of benzene rings is 1. The summed E-state index contributed by atoms with van der Waals surface area (Å²) < 4.78 is 0. The molecule has 2 N–H and O–H groups in total. The molecule has 1 aliphatic heterocycles. The molecule has 2 heterocycles. The van der Waals surface area contributed by atoms with Gasteiger partial charge in [-0.3, -0.25) is 0 Å². The number of aromatic nitrogens is 1. The van der Waals surface area contributed by atoms with Crippen LogP contribution in [0.3, 0.4) is 0 Å². The molecule has 0 radical (unpaired) electrons. The van der Waals surface area contributed by atoms with Crippen molar-refractivity contribution in [2.24, 2.45) is 11.8 Å². The van der Waals surface area contributed by atoms with Crippen molar-refractivity contribution in [1.82, 2.24) is 4.98 Å². The van der Waals surface area contributed by atoms with Gasteiger partial charge in [0.05, 0.1) is 5.92 Å². The quantitative estimate of drug-likeness (QED) is 0.457. The summed E-state index contributed by atoms with van der Waals surface area (Å²) >= 11 is 0. The first-order valence-corrected chi connectivity index (χ1v) is 11.5. The molecule has 2 aromatic rings. The number of allylic oxidation sites excluding steroid dienone is 2. The monoisotopic (exact) mass is 415 g/mol. The normalized spacial score (nSPS) is 17.3. The maximum absolute atomic E-state index is 10.6. The van der Waals surface area contributed by atoms with E-state index in [0.29, 0.717) is 11.7 Å². The minimum absolute atomic E-state index is 0.0755. The van der Waals surface area contributed by atoms with Crippen LogP contribution in [0.1, 0.15) is 44.6 Å². The lowest BCUT2D eigenvalue weighted by molar-refractivity contribution is 0.337. The summed E-state index contributed by atoms with van der Waals surface area (Å²) in [6.07, 6.45) is 8.24. The lowest BCUT2D eigenvalue weighted by Gasteiger charge is -2.34. The minimum Gasteiger partial charge on any atom is -0.511 e. The van der Waals surface area contributed by atoms with Crippen LogP contribution in [-0.2, 0) is 6.42 Å². The van der Waals surface area contributed by atoms with E-state index >= 15 is 0 Å². The summed E-state index contributed by atoms with van der Waals surface area (Å²) in [5, 5.41) is 14.0. The smallest absolute Gasteiger partial charge is 0.125 e. The van der Waals surface area contributed by atoms with Gasteiger partial charge in [0, 0.05) is 31.5 Å². The molecule has 0 spiro atoms. The third kappa shape index (κ3) is 5.61. The number of nitrogens with one attached hydrogen (secondary N) is 1. The zero-order valence-corrected chi connectivity index (χ0v) is 18.5. The van der Waals surface area contributed by atoms with Crippen molar-refractivity contribution in [2.75, 3.05) is 29.9 Å². The Hall–Kier alpha value is -2.93. The van der Waals surface area contributed by atoms with Gasteiger partial charge in [0.25, 0.3) is 0 Å². The van der Waals surface area contributed by atoms with Crippen LogP contribution in [0.25, 0.3) is 0 Å². The van der Waals surface area contributed by atoms with E-state index in [0.717, 1.165) is 44.7 Å². The standard InChI is InChI=1S/C27H33N3O/c1-2-6-24(27(31)23-7-5-8-23)19-21-10-12-25(13-11-21)30-17-14-22(15-18-30)20-29-26-9-3-4-16-28-26/h3-4,9-13,16,22,24,31H,5,7-8,14-15,17-20H2,1H3,(H,28,29). The van der Waals surface area contributed by atoms with Gasteiger partial charge in [-0.1, -0.05) is 24.1 Å². The van der Waals surface area contributed by atoms with E-state index in [1.54, 1.807) is 0 Å². The zero-order valence-electron chi connectivity index (χ0n) is 18.5. The van der Waals surface area contributed by atoms with Gasteiger partial charge in [0.15, 0.2) is 0 Å². The van der Waals surface area contributed by atoms with Crippen molar-refractivity contribution < 1.29 is 5.11 Å². The molecule has 1 unspecified atom stereocenters. The topological polar surface area (TPSA) is 48.4 Å². The number of piperidine rings is 1. The number of hydrogen-bond donors (Lipinski definition) is 2. The first kappa shape index (κ1) is 21.3. The van der Waals surface area contributed by atoms with Crippen molar-refractivity contribution >= 4 is 11.5 Å². The maximum atomic E-state index is 10.6. The molecule has 1 atom stereocenters. The molecule has 0 bridgehead atoms. The molecule has 31 heavy (non-hydrogen) atoms. The Labute approximate surface area is 186 Å². The lowest BCUT2D eigenvalue weighted by atomic mass is 9.85. The van der Waals surface area contributed by atoms with Gasteiger partial charge < -0.3 is 15.3 Å². The number of aliphatic hydroxyl groups is 1. The first-order chi connectivity index (χ1) is 15.2. The van der Waals surface area contributed by atoms with Crippen LogP contribution in [0.2, 0.25) is 0 Å². The summed E-state index contributed by atoms with van der Waals surface area (Å²) in [7, 11) is 0. The Morgan fingerprint density at radius 2 is 1.94 bits per heavy atom. The zero-order chi connectivity index (χ0) is 21.5. The van der Waals surface area contributed by atoms with Crippen LogP contribution in [0.4, 0.5) is 11.5 Å². The molecule has 4 nitrogen and oxygen atoms in total. The fraction of sp³-hybridized carbons (Fsp3) is 0.444. The SMILES string of the molecule is CC#CC(Cc1ccc(N2CCC(CNc3ccccn3)CC2)cc1)C(O)=C1CCC1. The van der Waals surface area contributed by atoms with Gasteiger partial charge >= 0.3 is 0 Å². The van der Waals surface area contributed by atoms with Crippen LogP contribution in [-0.4, -0.2) is 29.7 Å². The highest BCUT2D eigenvalue weighted by molar-refractivity contribution is 5.48. The average molecular weight is 416 g/mol. The van der Waals surface area contributed by atoms with Gasteiger partial charge in [-0.15, -0.1) is 5.92 Å². The molecular formula is C27H33N3O. The minimum atomic E-state index is -0.0755. The Morgan fingerprint density at radius 1 is 1.16 bits per heavy atom. The van der Waals surface area contributed by atoms with E-state index in [2.05, 4.69) is 51.3 Å². The molecule has 0 amide bonds. The molecule has 4 rings (SSSR count). The predicted molar refractivity (Wildman–Crippen MR) is 128 cm³/mol. The molecule has 1 aromatic carbocycles. The molecule has 162 valence electrons. The molecule has 1 aromatic heterocycles. The van der Waals surface area contributed by atoms with Gasteiger partial charge in [-0.05, 0) is 86.8 Å². The van der Waals surface area contributed by atoms with Crippen molar-refractivity contribution in [2.45, 2.75) is 45.4 Å². The lowest BCUT2D eigenvalue weighted by Crippen LogP contribution is -2.35. The largest absolute Gasteiger partial charge is 0.511 e. The van der Waals surface area contributed by atoms with E-state index in [9.17, 15) is 5.11 Å². The van der Waals surface area contributed by atoms with Crippen LogP contribution in [0, 0.1) is 23.7 Å². The van der Waals surface area contributed by atoms with Crippen molar-refractivity contribution in [3.8, 4) is 11.8 Å². The Kier molecular flexibility index (Phi) is 7.14. The average Bonchev–Trinajstić information content (AvgIpc) is 2.78. The van der Waals surface area contributed by atoms with Gasteiger partial charge in [-0.25, -0.2) is 4.98 Å². The Balaban J connectivity index is 1.29. The van der Waals surface area contributed by atoms with Gasteiger partial charge in [-0.2, -0.15) is 0 Å². The number of nitrogens with zero attached hydrogens (tertiary/aromatic N) is 2. The van der Waals surface area contributed by atoms with Gasteiger partial charge in [0.2, 0.25) is 0 Å². The third-order valence-electron chi connectivity index (χ3n) is 6.56. The summed E-state index contributed by atoms with van der Waals surface area (Å²) in [4.78, 5) is 6.83. The molecule has 2 aliphatic rings. The number of hydrogen-bond acceptors (Lipinski definition) is 4. The predicted octanol–water partition coefficient (Wildman–Crippen LogP) is 5.59. The number of rotatable bonds is 7. The summed E-state index contributed by atoms with van der Waals surface area (Å²) in [5.74, 6) is 8.30. The summed E-state index contributed by atoms with van der Waals surface area (Å²) in [5.41, 5.74) is 3.72. The van der Waals surface area contributed by atoms with Crippen molar-refractivity contribution in [1.29, 1.82) is 0 Å². The third-order valence-corrected chi connectivity index (χ3v) is 6.56. The molecule has 1 aliphatic carbocycles. The van der Waals surface area contributed by atoms with Crippen molar-refractivity contribution in [3.63, 3.8) is 0 Å². The molecular weight excluding hydrogens is 382 g/mol. The fourth-order valence-electron chi connectivity index (χ4n) is 4.44. The highest BCUT2D eigenvalue weighted by Gasteiger charge is 2.22. The first-order valence-electron chi connectivity index (χ1n) is 11.5. The second-order valence-electron chi connectivity index (χ2n) is 8.69. The second kappa shape index (κ2) is 10.4. The Bertz CT molecular complexity index is 926. The van der Waals surface area contributed by atoms with E-state index in [1.165, 1.54) is 36.1 Å². The number of anilines is 2. The second-order valence-corrected chi connectivity index (χ2v) is 8.69. The number of aliphatic hydroxyl groups excluding tert-OH is 1. The van der Waals surface area contributed by atoms with E-state index in [4.69, 9.17) is 0 Å². The van der Waals surface area contributed by atoms with Gasteiger partial charge in [0.1, 0.15) is 11.6 Å². The fourth-order valence-corrected chi connectivity index (χ4v) is 4.44.